The van der Waals surface area contributed by atoms with Crippen LogP contribution in [0.1, 0.15) is 98.8 Å². The molecule has 0 spiro atoms. The third-order valence-electron chi connectivity index (χ3n) is 13.7. The first-order valence-electron chi connectivity index (χ1n) is 21.8. The predicted octanol–water partition coefficient (Wildman–Crippen LogP) is 3.22. The first-order valence-corrected chi connectivity index (χ1v) is 21.8. The third-order valence-corrected chi connectivity index (χ3v) is 13.7. The largest absolute Gasteiger partial charge is 0.511 e. The fourth-order valence-electron chi connectivity index (χ4n) is 9.89. The van der Waals surface area contributed by atoms with Crippen molar-refractivity contribution in [3.8, 4) is 0 Å². The van der Waals surface area contributed by atoms with Crippen LogP contribution in [0.4, 0.5) is 0 Å². The van der Waals surface area contributed by atoms with Gasteiger partial charge in [-0.15, -0.1) is 0 Å². The van der Waals surface area contributed by atoms with E-state index in [1.54, 1.807) is 49.5 Å². The average Bonchev–Trinajstić information content (AvgIpc) is 3.81. The number of hydrogen-bond acceptors (Lipinski definition) is 11. The van der Waals surface area contributed by atoms with Crippen LogP contribution in [0.25, 0.3) is 0 Å². The molecule has 14 atom stereocenters. The van der Waals surface area contributed by atoms with Crippen molar-refractivity contribution in [2.24, 2.45) is 40.7 Å². The highest BCUT2D eigenvalue weighted by Crippen LogP contribution is 2.58. The maximum atomic E-state index is 12.8. The summed E-state index contributed by atoms with van der Waals surface area (Å²) in [4.78, 5) is 27.3. The molecule has 1 saturated carbocycles. The van der Waals surface area contributed by atoms with Crippen molar-refractivity contribution in [3.63, 3.8) is 0 Å². The molecule has 0 radical (unpaired) electrons. The molecule has 0 bridgehead atoms. The predicted molar refractivity (Wildman–Crippen MR) is 230 cm³/mol. The molecule has 2 aliphatic heterocycles. The minimum absolute atomic E-state index is 0.0272. The number of aliphatic hydroxyl groups excluding tert-OH is 8. The zero-order chi connectivity index (χ0) is 44.5. The number of allylic oxidation sites excluding steroid dienone is 2. The zero-order valence-electron chi connectivity index (χ0n) is 36.0. The number of carbonyl (C=O) groups is 2. The van der Waals surface area contributed by atoms with E-state index in [1.807, 2.05) is 38.7 Å². The zero-order valence-corrected chi connectivity index (χ0v) is 36.0. The first-order chi connectivity index (χ1) is 28.3. The van der Waals surface area contributed by atoms with E-state index in [-0.39, 0.29) is 66.4 Å². The van der Waals surface area contributed by atoms with Gasteiger partial charge in [0.25, 0.3) is 5.91 Å². The Bertz CT molecular complexity index is 1670. The molecule has 336 valence electrons. The number of rotatable bonds is 19. The Labute approximate surface area is 355 Å². The van der Waals surface area contributed by atoms with Crippen LogP contribution in [0.3, 0.4) is 0 Å². The van der Waals surface area contributed by atoms with Crippen molar-refractivity contribution < 1.29 is 50.4 Å². The summed E-state index contributed by atoms with van der Waals surface area (Å²) in [6.45, 7) is 9.83. The smallest absolute Gasteiger partial charge is 0.258 e. The van der Waals surface area contributed by atoms with Crippen LogP contribution >= 0.6 is 0 Å². The average molecular weight is 841 g/mol. The number of guanidine groups is 1. The number of nitrogens with two attached hydrogens (primary N) is 1. The van der Waals surface area contributed by atoms with Crippen molar-refractivity contribution in [1.82, 2.24) is 10.2 Å². The lowest BCUT2D eigenvalue weighted by Crippen LogP contribution is -2.53. The molecule has 2 aliphatic carbocycles. The molecule has 0 aromatic carbocycles. The van der Waals surface area contributed by atoms with E-state index in [0.717, 1.165) is 25.0 Å². The number of amides is 1. The van der Waals surface area contributed by atoms with E-state index >= 15 is 0 Å². The van der Waals surface area contributed by atoms with Crippen molar-refractivity contribution in [2.75, 3.05) is 13.1 Å². The van der Waals surface area contributed by atoms with Gasteiger partial charge in [0, 0.05) is 29.8 Å². The molecule has 14 heteroatoms. The minimum atomic E-state index is -1.08. The van der Waals surface area contributed by atoms with E-state index < -0.39 is 65.8 Å². The van der Waals surface area contributed by atoms with Crippen LogP contribution in [0.15, 0.2) is 71.1 Å². The molecule has 2 heterocycles. The van der Waals surface area contributed by atoms with Gasteiger partial charge in [-0.2, -0.15) is 0 Å². The molecule has 14 nitrogen and oxygen atoms in total. The highest BCUT2D eigenvalue weighted by Gasteiger charge is 2.56. The van der Waals surface area contributed by atoms with Crippen molar-refractivity contribution in [2.45, 2.75) is 148 Å². The second-order valence-corrected chi connectivity index (χ2v) is 18.0. The number of aliphatic hydroxyl groups is 8. The van der Waals surface area contributed by atoms with Gasteiger partial charge in [0.05, 0.1) is 49.3 Å². The Morgan fingerprint density at radius 1 is 1.00 bits per heavy atom. The maximum absolute atomic E-state index is 12.8. The fraction of sp³-hybridized carbons (Fsp3) is 0.674. The molecule has 12 N–H and O–H groups in total. The van der Waals surface area contributed by atoms with Gasteiger partial charge in [-0.3, -0.25) is 15.0 Å². The molecule has 3 fully saturated rings. The second kappa shape index (κ2) is 21.9. The van der Waals surface area contributed by atoms with E-state index in [2.05, 4.69) is 5.32 Å². The highest BCUT2D eigenvalue weighted by atomic mass is 16.3. The summed E-state index contributed by atoms with van der Waals surface area (Å²) in [5.41, 5.74) is 5.87. The number of likely N-dealkylation sites (tertiary alicyclic amines) is 1. The summed E-state index contributed by atoms with van der Waals surface area (Å²) in [5, 5.41) is 96.8. The van der Waals surface area contributed by atoms with Crippen molar-refractivity contribution in [1.29, 1.82) is 5.41 Å². The number of nitrogens with zero attached hydrogens (tertiary/aromatic N) is 1. The molecule has 2 saturated heterocycles. The van der Waals surface area contributed by atoms with Gasteiger partial charge in [0.1, 0.15) is 11.3 Å². The summed E-state index contributed by atoms with van der Waals surface area (Å²) in [7, 11) is 0. The SMILES string of the molecule is CC1=CC2C(O)C(O)CCC2C(C)(/C(O)=C2/C(=O)CNC2=O)C1CCC(C)C(O)/C(C)=C\CC(O)/C=C/C(C)C(O)/C=C/CC(O)/C=C/CC(O)CC1CCCN1C(=N)N. The van der Waals surface area contributed by atoms with Gasteiger partial charge in [0.2, 0.25) is 0 Å². The Kier molecular flexibility index (Phi) is 17.9. The van der Waals surface area contributed by atoms with Crippen LogP contribution < -0.4 is 11.1 Å². The van der Waals surface area contributed by atoms with Crippen LogP contribution in [0, 0.1) is 40.4 Å². The molecular formula is C46H72N4O10. The van der Waals surface area contributed by atoms with E-state index in [4.69, 9.17) is 11.1 Å². The lowest BCUT2D eigenvalue weighted by Gasteiger charge is -2.54. The molecule has 1 amide bonds. The topological polar surface area (TPSA) is 261 Å². The van der Waals surface area contributed by atoms with Gasteiger partial charge in [-0.05, 0) is 101 Å². The number of ketones is 1. The van der Waals surface area contributed by atoms with E-state index in [1.165, 1.54) is 0 Å². The maximum Gasteiger partial charge on any atom is 0.258 e. The van der Waals surface area contributed by atoms with Gasteiger partial charge >= 0.3 is 0 Å². The second-order valence-electron chi connectivity index (χ2n) is 18.0. The standard InChI is InChI=1S/C46H72N4O10/c1-26(37(54)13-7-11-31(51)10-6-12-33(53)24-30-9-8-22-50(30)45(47)48)14-17-32(52)18-15-27(2)41(57)28(3)16-19-35-29(4)23-34-36(20-21-38(55)42(34)58)46(35,5)43(59)40-39(56)25-49-44(40)60/h6-7,10,13-15,17,23,26,28,30-38,41-42,51-55,57-59H,8-9,11-12,16,18-22,24-25H2,1-5H3,(H3,47,48)(H,49,60)/b10-6+,13-7+,17-14+,27-15-,43-40+. The summed E-state index contributed by atoms with van der Waals surface area (Å²) in [5.74, 6) is -3.01. The van der Waals surface area contributed by atoms with Crippen LogP contribution in [-0.4, -0.2) is 125 Å². The Morgan fingerprint density at radius 3 is 2.35 bits per heavy atom. The first kappa shape index (κ1) is 49.0. The van der Waals surface area contributed by atoms with Gasteiger partial charge in [-0.25, -0.2) is 0 Å². The van der Waals surface area contributed by atoms with Crippen LogP contribution in [0.5, 0.6) is 0 Å². The molecule has 0 aromatic heterocycles. The minimum Gasteiger partial charge on any atom is -0.511 e. The normalized spacial score (nSPS) is 32.2. The van der Waals surface area contributed by atoms with Crippen molar-refractivity contribution >= 4 is 17.6 Å². The molecule has 60 heavy (non-hydrogen) atoms. The van der Waals surface area contributed by atoms with E-state index in [0.29, 0.717) is 44.1 Å². The monoisotopic (exact) mass is 841 g/mol. The lowest BCUT2D eigenvalue weighted by molar-refractivity contribution is -0.118. The molecule has 0 aromatic rings. The number of carbonyl (C=O) groups excluding carboxylic acids is 2. The van der Waals surface area contributed by atoms with Crippen LogP contribution in [-0.2, 0) is 9.59 Å². The number of hydrogen-bond donors (Lipinski definition) is 11. The molecule has 4 aliphatic rings. The van der Waals surface area contributed by atoms with Crippen LogP contribution in [0.2, 0.25) is 0 Å². The van der Waals surface area contributed by atoms with Gasteiger partial charge in [0.15, 0.2) is 11.7 Å². The third kappa shape index (κ3) is 12.0. The molecule has 14 unspecified atom stereocenters. The highest BCUT2D eigenvalue weighted by molar-refractivity contribution is 6.25. The van der Waals surface area contributed by atoms with Gasteiger partial charge < -0.3 is 56.8 Å². The molecule has 4 rings (SSSR count). The Hall–Kier alpha value is -3.63. The number of nitrogens with one attached hydrogen (secondary N) is 2. The fourth-order valence-corrected chi connectivity index (χ4v) is 9.89. The summed E-state index contributed by atoms with van der Waals surface area (Å²) in [6, 6.07) is 0.0535. The molecular weight excluding hydrogens is 769 g/mol. The Morgan fingerprint density at radius 2 is 1.68 bits per heavy atom. The Balaban J connectivity index is 1.26. The van der Waals surface area contributed by atoms with E-state index in [9.17, 15) is 50.4 Å². The number of Topliss-reactive ketones (excluding diaryl/α,β-unsaturated/α-hetero) is 1. The summed E-state index contributed by atoms with van der Waals surface area (Å²) in [6.07, 6.45) is 12.9. The quantitative estimate of drug-likeness (QED) is 0.0224. The lowest BCUT2D eigenvalue weighted by atomic mass is 9.51. The van der Waals surface area contributed by atoms with Crippen molar-refractivity contribution in [3.05, 3.63) is 71.1 Å². The summed E-state index contributed by atoms with van der Waals surface area (Å²) >= 11 is 0. The summed E-state index contributed by atoms with van der Waals surface area (Å²) < 4.78 is 0. The number of fused-ring (bicyclic) bond motifs is 1. The van der Waals surface area contributed by atoms with Gasteiger partial charge in [-0.1, -0.05) is 75.0 Å².